The second-order valence-corrected chi connectivity index (χ2v) is 7.40. The summed E-state index contributed by atoms with van der Waals surface area (Å²) in [5, 5.41) is 0. The average Bonchev–Trinajstić information content (AvgIpc) is 3.29. The highest BCUT2D eigenvalue weighted by Crippen LogP contribution is 2.29. The van der Waals surface area contributed by atoms with E-state index in [9.17, 15) is 0 Å². The molecule has 22 heavy (non-hydrogen) atoms. The van der Waals surface area contributed by atoms with Gasteiger partial charge in [0.15, 0.2) is 0 Å². The molecule has 5 atom stereocenters. The van der Waals surface area contributed by atoms with Gasteiger partial charge in [0.05, 0.1) is 52.4 Å². The van der Waals surface area contributed by atoms with E-state index in [4.69, 9.17) is 28.4 Å². The van der Waals surface area contributed by atoms with Gasteiger partial charge in [-0.3, -0.25) is 0 Å². The van der Waals surface area contributed by atoms with Gasteiger partial charge in [-0.05, 0) is 5.41 Å². The maximum Gasteiger partial charge on any atom is 0.108 e. The van der Waals surface area contributed by atoms with E-state index in [-0.39, 0.29) is 35.9 Å². The van der Waals surface area contributed by atoms with Gasteiger partial charge in [0.25, 0.3) is 0 Å². The molecule has 5 unspecified atom stereocenters. The molecule has 0 aromatic rings. The van der Waals surface area contributed by atoms with Crippen molar-refractivity contribution in [3.8, 4) is 0 Å². The maximum atomic E-state index is 6.12. The van der Waals surface area contributed by atoms with Crippen LogP contribution in [0.15, 0.2) is 0 Å². The van der Waals surface area contributed by atoms with Gasteiger partial charge in [-0.25, -0.2) is 0 Å². The summed E-state index contributed by atoms with van der Waals surface area (Å²) in [6.07, 6.45) is 0.596. The van der Waals surface area contributed by atoms with Crippen LogP contribution in [0.4, 0.5) is 0 Å². The van der Waals surface area contributed by atoms with Crippen LogP contribution in [0.1, 0.15) is 20.8 Å². The van der Waals surface area contributed by atoms with E-state index >= 15 is 0 Å². The third kappa shape index (κ3) is 5.76. The van der Waals surface area contributed by atoms with Crippen molar-refractivity contribution in [1.29, 1.82) is 0 Å². The third-order valence-corrected chi connectivity index (χ3v) is 3.94. The number of epoxide rings is 3. The molecule has 0 amide bonds. The molecule has 3 rings (SSSR count). The Kier molecular flexibility index (Phi) is 5.37. The highest BCUT2D eigenvalue weighted by atomic mass is 16.6. The van der Waals surface area contributed by atoms with Crippen LogP contribution in [0.3, 0.4) is 0 Å². The Morgan fingerprint density at radius 2 is 1.36 bits per heavy atom. The molecule has 0 N–H and O–H groups in total. The van der Waals surface area contributed by atoms with Crippen molar-refractivity contribution in [3.05, 3.63) is 0 Å². The van der Waals surface area contributed by atoms with Crippen molar-refractivity contribution in [1.82, 2.24) is 0 Å². The van der Waals surface area contributed by atoms with Crippen LogP contribution >= 0.6 is 0 Å². The molecule has 0 aromatic heterocycles. The predicted octanol–water partition coefficient (Wildman–Crippen LogP) is 1.02. The molecule has 0 radical (unpaired) electrons. The zero-order valence-electron chi connectivity index (χ0n) is 13.8. The van der Waals surface area contributed by atoms with Gasteiger partial charge in [0.2, 0.25) is 0 Å². The Morgan fingerprint density at radius 3 is 1.86 bits per heavy atom. The molecule has 0 bridgehead atoms. The molecule has 3 saturated heterocycles. The summed E-state index contributed by atoms with van der Waals surface area (Å²) in [6.45, 7) is 11.3. The molecule has 3 aliphatic heterocycles. The van der Waals surface area contributed by atoms with Crippen molar-refractivity contribution >= 4 is 0 Å². The van der Waals surface area contributed by atoms with Crippen LogP contribution in [0.25, 0.3) is 0 Å². The lowest BCUT2D eigenvalue weighted by Crippen LogP contribution is -2.45. The molecule has 3 heterocycles. The smallest absolute Gasteiger partial charge is 0.108 e. The predicted molar refractivity (Wildman–Crippen MR) is 79.0 cm³/mol. The van der Waals surface area contributed by atoms with Crippen LogP contribution in [0, 0.1) is 5.41 Å². The lowest BCUT2D eigenvalue weighted by molar-refractivity contribution is -0.143. The molecule has 6 nitrogen and oxygen atoms in total. The van der Waals surface area contributed by atoms with Crippen LogP contribution in [-0.4, -0.2) is 76.8 Å². The normalized spacial score (nSPS) is 32.6. The van der Waals surface area contributed by atoms with Gasteiger partial charge >= 0.3 is 0 Å². The molecule has 0 aliphatic carbocycles. The summed E-state index contributed by atoms with van der Waals surface area (Å²) in [5.74, 6) is 0. The number of hydrogen-bond donors (Lipinski definition) is 0. The first-order chi connectivity index (χ1) is 10.5. The van der Waals surface area contributed by atoms with Crippen LogP contribution < -0.4 is 0 Å². The van der Waals surface area contributed by atoms with Gasteiger partial charge in [-0.2, -0.15) is 0 Å². The first-order valence-electron chi connectivity index (χ1n) is 8.18. The Morgan fingerprint density at radius 1 is 0.864 bits per heavy atom. The lowest BCUT2D eigenvalue weighted by Gasteiger charge is -2.36. The second kappa shape index (κ2) is 7.11. The number of ether oxygens (including phenoxy) is 6. The zero-order valence-corrected chi connectivity index (χ0v) is 13.8. The third-order valence-electron chi connectivity index (χ3n) is 3.94. The van der Waals surface area contributed by atoms with E-state index < -0.39 is 0 Å². The summed E-state index contributed by atoms with van der Waals surface area (Å²) in [5.41, 5.74) is -0.0383. The van der Waals surface area contributed by atoms with Crippen molar-refractivity contribution < 1.29 is 28.4 Å². The minimum atomic E-state index is -0.110. The average molecular weight is 316 g/mol. The van der Waals surface area contributed by atoms with Crippen molar-refractivity contribution in [2.45, 2.75) is 51.3 Å². The quantitative estimate of drug-likeness (QED) is 0.530. The first kappa shape index (κ1) is 16.6. The summed E-state index contributed by atoms with van der Waals surface area (Å²) in [6, 6.07) is 0. The fourth-order valence-corrected chi connectivity index (χ4v) is 2.39. The van der Waals surface area contributed by atoms with Crippen LogP contribution in [0.5, 0.6) is 0 Å². The molecule has 0 saturated carbocycles. The summed E-state index contributed by atoms with van der Waals surface area (Å²) >= 11 is 0. The molecule has 6 heteroatoms. The van der Waals surface area contributed by atoms with Crippen LogP contribution in [0.2, 0.25) is 0 Å². The molecule has 3 fully saturated rings. The highest BCUT2D eigenvalue weighted by molar-refractivity contribution is 4.85. The fraction of sp³-hybridized carbons (Fsp3) is 1.00. The monoisotopic (exact) mass is 316 g/mol. The Bertz CT molecular complexity index is 343. The second-order valence-electron chi connectivity index (χ2n) is 7.40. The highest BCUT2D eigenvalue weighted by Gasteiger charge is 2.38. The number of rotatable bonds is 11. The van der Waals surface area contributed by atoms with Gasteiger partial charge in [-0.1, -0.05) is 20.8 Å². The van der Waals surface area contributed by atoms with E-state index in [1.165, 1.54) is 0 Å². The van der Waals surface area contributed by atoms with Gasteiger partial charge in [-0.15, -0.1) is 0 Å². The van der Waals surface area contributed by atoms with Crippen molar-refractivity contribution in [2.24, 2.45) is 5.41 Å². The Labute approximate surface area is 132 Å². The van der Waals surface area contributed by atoms with E-state index in [0.29, 0.717) is 26.4 Å². The number of hydrogen-bond acceptors (Lipinski definition) is 6. The van der Waals surface area contributed by atoms with E-state index in [2.05, 4.69) is 20.8 Å². The lowest BCUT2D eigenvalue weighted by atomic mass is 9.85. The maximum absolute atomic E-state index is 6.12. The van der Waals surface area contributed by atoms with Gasteiger partial charge < -0.3 is 28.4 Å². The SMILES string of the molecule is CC(C)(C)C(OCC1CO1)C(COCC1CO1)OCC1CO1. The van der Waals surface area contributed by atoms with Gasteiger partial charge in [0, 0.05) is 0 Å². The fourth-order valence-electron chi connectivity index (χ4n) is 2.39. The standard InChI is InChI=1S/C16H28O6/c1-16(2,3)15(22-9-13-7-20-13)14(21-8-12-6-19-12)10-17-4-11-5-18-11/h11-15H,4-10H2,1-3H3. The molecule has 0 aromatic carbocycles. The largest absolute Gasteiger partial charge is 0.376 e. The molecule has 0 spiro atoms. The topological polar surface area (TPSA) is 65.3 Å². The van der Waals surface area contributed by atoms with Gasteiger partial charge in [0.1, 0.15) is 24.4 Å². The zero-order chi connectivity index (χ0) is 15.6. The van der Waals surface area contributed by atoms with E-state index in [1.807, 2.05) is 0 Å². The molecular weight excluding hydrogens is 288 g/mol. The summed E-state index contributed by atoms with van der Waals surface area (Å²) in [4.78, 5) is 0. The first-order valence-corrected chi connectivity index (χ1v) is 8.18. The van der Waals surface area contributed by atoms with Crippen molar-refractivity contribution in [2.75, 3.05) is 46.2 Å². The molecule has 3 aliphatic rings. The Hall–Kier alpha value is -0.240. The minimum Gasteiger partial charge on any atom is -0.376 e. The summed E-state index contributed by atoms with van der Waals surface area (Å²) < 4.78 is 33.6. The summed E-state index contributed by atoms with van der Waals surface area (Å²) in [7, 11) is 0. The van der Waals surface area contributed by atoms with E-state index in [0.717, 1.165) is 19.8 Å². The molecular formula is C16H28O6. The molecule has 128 valence electrons. The van der Waals surface area contributed by atoms with Crippen LogP contribution in [-0.2, 0) is 28.4 Å². The Balaban J connectivity index is 1.52. The minimum absolute atomic E-state index is 0.0383. The van der Waals surface area contributed by atoms with Crippen molar-refractivity contribution in [3.63, 3.8) is 0 Å². The van der Waals surface area contributed by atoms with E-state index in [1.54, 1.807) is 0 Å².